The Bertz CT molecular complexity index is 339. The third-order valence-electron chi connectivity index (χ3n) is 5.52. The Balaban J connectivity index is 1.66. The Hall–Kier alpha value is -0.610. The van der Waals surface area contributed by atoms with E-state index in [1.165, 1.54) is 32.2 Å². The number of rotatable bonds is 6. The van der Waals surface area contributed by atoms with Crippen LogP contribution in [0.5, 0.6) is 0 Å². The molecule has 2 N–H and O–H groups in total. The predicted octanol–water partition coefficient (Wildman–Crippen LogP) is 2.25. The molecule has 0 bridgehead atoms. The van der Waals surface area contributed by atoms with Crippen molar-refractivity contribution in [3.8, 4) is 0 Å². The third-order valence-corrected chi connectivity index (χ3v) is 5.52. The van der Waals surface area contributed by atoms with Crippen molar-refractivity contribution in [2.24, 2.45) is 17.8 Å². The van der Waals surface area contributed by atoms with Crippen LogP contribution in [-0.2, 0) is 4.79 Å². The maximum Gasteiger partial charge on any atom is 0.220 e. The molecule has 0 saturated carbocycles. The molecule has 0 radical (unpaired) electrons. The summed E-state index contributed by atoms with van der Waals surface area (Å²) in [6.45, 7) is 12.2. The van der Waals surface area contributed by atoms with E-state index in [2.05, 4.69) is 36.3 Å². The summed E-state index contributed by atoms with van der Waals surface area (Å²) in [4.78, 5) is 14.7. The second kappa shape index (κ2) is 8.88. The van der Waals surface area contributed by atoms with Gasteiger partial charge in [-0.15, -0.1) is 0 Å². The summed E-state index contributed by atoms with van der Waals surface area (Å²) in [7, 11) is 0. The molecule has 3 atom stereocenters. The molecular weight excluding hydrogens is 274 g/mol. The third kappa shape index (κ3) is 5.54. The van der Waals surface area contributed by atoms with Gasteiger partial charge in [0.25, 0.3) is 0 Å². The van der Waals surface area contributed by atoms with Gasteiger partial charge in [-0.1, -0.05) is 6.92 Å². The van der Waals surface area contributed by atoms with Crippen molar-refractivity contribution in [2.75, 3.05) is 32.7 Å². The summed E-state index contributed by atoms with van der Waals surface area (Å²) in [6.07, 6.45) is 5.73. The average molecular weight is 309 g/mol. The number of nitrogens with one attached hydrogen (secondary N) is 2. The summed E-state index contributed by atoms with van der Waals surface area (Å²) in [6, 6.07) is 0.623. The van der Waals surface area contributed by atoms with Crippen molar-refractivity contribution >= 4 is 5.91 Å². The lowest BCUT2D eigenvalue weighted by Gasteiger charge is -2.35. The molecule has 4 nitrogen and oxygen atoms in total. The number of hydrogen-bond acceptors (Lipinski definition) is 3. The van der Waals surface area contributed by atoms with Gasteiger partial charge in [0.2, 0.25) is 5.91 Å². The predicted molar refractivity (Wildman–Crippen MR) is 91.8 cm³/mol. The van der Waals surface area contributed by atoms with Gasteiger partial charge in [0, 0.05) is 25.6 Å². The largest absolute Gasteiger partial charge is 0.356 e. The first kappa shape index (κ1) is 17.7. The Morgan fingerprint density at radius 1 is 1.27 bits per heavy atom. The topological polar surface area (TPSA) is 44.4 Å². The summed E-state index contributed by atoms with van der Waals surface area (Å²) >= 11 is 0. The standard InChI is InChI=1S/C18H35N3O/c1-14(2)21-9-5-6-16(13-21)11-20-18(22)10-15(3)17-7-4-8-19-12-17/h14-17,19H,4-13H2,1-3H3,(H,20,22). The van der Waals surface area contributed by atoms with Gasteiger partial charge in [0.05, 0.1) is 0 Å². The van der Waals surface area contributed by atoms with Crippen LogP contribution >= 0.6 is 0 Å². The Labute approximate surface area is 136 Å². The van der Waals surface area contributed by atoms with Gasteiger partial charge in [-0.3, -0.25) is 4.79 Å². The van der Waals surface area contributed by atoms with Crippen molar-refractivity contribution in [1.82, 2.24) is 15.5 Å². The first-order valence-corrected chi connectivity index (χ1v) is 9.27. The van der Waals surface area contributed by atoms with Crippen LogP contribution < -0.4 is 10.6 Å². The molecule has 2 aliphatic rings. The van der Waals surface area contributed by atoms with Crippen LogP contribution in [0, 0.1) is 17.8 Å². The van der Waals surface area contributed by atoms with Crippen LogP contribution in [0.4, 0.5) is 0 Å². The minimum atomic E-state index is 0.250. The zero-order valence-corrected chi connectivity index (χ0v) is 14.7. The van der Waals surface area contributed by atoms with E-state index in [4.69, 9.17) is 0 Å². The molecule has 2 aliphatic heterocycles. The summed E-state index contributed by atoms with van der Waals surface area (Å²) in [5.41, 5.74) is 0. The van der Waals surface area contributed by atoms with Crippen LogP contribution in [0.25, 0.3) is 0 Å². The molecule has 2 fully saturated rings. The fraction of sp³-hybridized carbons (Fsp3) is 0.944. The second-order valence-electron chi connectivity index (χ2n) is 7.69. The van der Waals surface area contributed by atoms with E-state index in [0.29, 0.717) is 30.2 Å². The molecule has 2 rings (SSSR count). The lowest BCUT2D eigenvalue weighted by Crippen LogP contribution is -2.44. The highest BCUT2D eigenvalue weighted by Crippen LogP contribution is 2.22. The second-order valence-corrected chi connectivity index (χ2v) is 7.69. The number of piperidine rings is 2. The van der Waals surface area contributed by atoms with Gasteiger partial charge in [0.1, 0.15) is 0 Å². The highest BCUT2D eigenvalue weighted by Gasteiger charge is 2.24. The van der Waals surface area contributed by atoms with Crippen molar-refractivity contribution in [3.05, 3.63) is 0 Å². The lowest BCUT2D eigenvalue weighted by atomic mass is 9.85. The highest BCUT2D eigenvalue weighted by atomic mass is 16.1. The van der Waals surface area contributed by atoms with E-state index >= 15 is 0 Å². The van der Waals surface area contributed by atoms with Crippen molar-refractivity contribution in [2.45, 2.75) is 58.9 Å². The normalized spacial score (nSPS) is 28.5. The number of amides is 1. The monoisotopic (exact) mass is 309 g/mol. The fourth-order valence-electron chi connectivity index (χ4n) is 3.89. The van der Waals surface area contributed by atoms with Crippen LogP contribution in [-0.4, -0.2) is 49.6 Å². The van der Waals surface area contributed by atoms with Crippen molar-refractivity contribution < 1.29 is 4.79 Å². The molecule has 22 heavy (non-hydrogen) atoms. The molecule has 3 unspecified atom stereocenters. The maximum atomic E-state index is 12.2. The lowest BCUT2D eigenvalue weighted by molar-refractivity contribution is -0.122. The fourth-order valence-corrected chi connectivity index (χ4v) is 3.89. The summed E-state index contributed by atoms with van der Waals surface area (Å²) < 4.78 is 0. The first-order valence-electron chi connectivity index (χ1n) is 9.27. The van der Waals surface area contributed by atoms with Gasteiger partial charge in [-0.05, 0) is 76.9 Å². The Morgan fingerprint density at radius 3 is 2.77 bits per heavy atom. The van der Waals surface area contributed by atoms with E-state index in [0.717, 1.165) is 26.2 Å². The number of likely N-dealkylation sites (tertiary alicyclic amines) is 1. The van der Waals surface area contributed by atoms with Gasteiger partial charge in [0.15, 0.2) is 0 Å². The van der Waals surface area contributed by atoms with Gasteiger partial charge >= 0.3 is 0 Å². The molecule has 0 aromatic heterocycles. The zero-order valence-electron chi connectivity index (χ0n) is 14.7. The first-order chi connectivity index (χ1) is 10.6. The van der Waals surface area contributed by atoms with Crippen molar-refractivity contribution in [3.63, 3.8) is 0 Å². The van der Waals surface area contributed by atoms with Crippen LogP contribution in [0.15, 0.2) is 0 Å². The number of nitrogens with zero attached hydrogens (tertiary/aromatic N) is 1. The average Bonchev–Trinajstić information content (AvgIpc) is 2.54. The minimum Gasteiger partial charge on any atom is -0.356 e. The van der Waals surface area contributed by atoms with Crippen molar-refractivity contribution in [1.29, 1.82) is 0 Å². The Morgan fingerprint density at radius 2 is 2.09 bits per heavy atom. The number of carbonyl (C=O) groups is 1. The maximum absolute atomic E-state index is 12.2. The van der Waals surface area contributed by atoms with Gasteiger partial charge in [-0.25, -0.2) is 0 Å². The summed E-state index contributed by atoms with van der Waals surface area (Å²) in [5.74, 6) is 2.04. The molecule has 0 spiro atoms. The van der Waals surface area contributed by atoms with Gasteiger partial charge < -0.3 is 15.5 Å². The van der Waals surface area contributed by atoms with Crippen LogP contribution in [0.2, 0.25) is 0 Å². The van der Waals surface area contributed by atoms with Crippen LogP contribution in [0.3, 0.4) is 0 Å². The SMILES string of the molecule is CC(CC(=O)NCC1CCCN(C(C)C)C1)C1CCCNC1. The minimum absolute atomic E-state index is 0.250. The molecule has 0 aromatic rings. The molecule has 0 aromatic carbocycles. The number of hydrogen-bond donors (Lipinski definition) is 2. The Kier molecular flexibility index (Phi) is 7.16. The van der Waals surface area contributed by atoms with E-state index < -0.39 is 0 Å². The highest BCUT2D eigenvalue weighted by molar-refractivity contribution is 5.76. The van der Waals surface area contributed by atoms with Gasteiger partial charge in [-0.2, -0.15) is 0 Å². The van der Waals surface area contributed by atoms with E-state index in [1.807, 2.05) is 0 Å². The molecule has 128 valence electrons. The quantitative estimate of drug-likeness (QED) is 0.791. The molecule has 4 heteroatoms. The molecular formula is C18H35N3O. The zero-order chi connectivity index (χ0) is 15.9. The van der Waals surface area contributed by atoms with E-state index in [1.54, 1.807) is 0 Å². The summed E-state index contributed by atoms with van der Waals surface area (Å²) in [5, 5.41) is 6.65. The molecule has 2 saturated heterocycles. The number of carbonyl (C=O) groups excluding carboxylic acids is 1. The van der Waals surface area contributed by atoms with Crippen LogP contribution in [0.1, 0.15) is 52.9 Å². The molecule has 2 heterocycles. The smallest absolute Gasteiger partial charge is 0.220 e. The molecule has 0 aliphatic carbocycles. The van der Waals surface area contributed by atoms with E-state index in [9.17, 15) is 4.79 Å². The van der Waals surface area contributed by atoms with E-state index in [-0.39, 0.29) is 5.91 Å². The molecule has 1 amide bonds.